The number of hydrogen-bond acceptors (Lipinski definition) is 7. The maximum atomic E-state index is 13.2. The molecule has 0 atom stereocenters. The molecule has 164 valence electrons. The Morgan fingerprint density at radius 3 is 2.00 bits per heavy atom. The van der Waals surface area contributed by atoms with Gasteiger partial charge in [0.05, 0.1) is 40.1 Å². The zero-order valence-electron chi connectivity index (χ0n) is 18.3. The van der Waals surface area contributed by atoms with Gasteiger partial charge < -0.3 is 24.3 Å². The normalized spacial score (nSPS) is 13.6. The number of nitrogens with zero attached hydrogens (tertiary/aromatic N) is 1. The van der Waals surface area contributed by atoms with Crippen molar-refractivity contribution < 1.29 is 28.5 Å². The number of hydrogen-bond donors (Lipinski definition) is 1. The summed E-state index contributed by atoms with van der Waals surface area (Å²) in [6, 6.07) is 10.8. The summed E-state index contributed by atoms with van der Waals surface area (Å²) in [5.41, 5.74) is 2.70. The van der Waals surface area contributed by atoms with Crippen molar-refractivity contribution in [2.75, 3.05) is 46.9 Å². The molecule has 2 amide bonds. The predicted octanol–water partition coefficient (Wildman–Crippen LogP) is 2.86. The Morgan fingerprint density at radius 2 is 1.48 bits per heavy atom. The number of amides is 2. The smallest absolute Gasteiger partial charge is 0.278 e. The van der Waals surface area contributed by atoms with Crippen molar-refractivity contribution in [3.8, 4) is 17.2 Å². The van der Waals surface area contributed by atoms with Crippen LogP contribution in [-0.4, -0.2) is 58.3 Å². The highest BCUT2D eigenvalue weighted by molar-refractivity contribution is 6.36. The van der Waals surface area contributed by atoms with E-state index in [-0.39, 0.29) is 24.8 Å². The molecule has 1 aliphatic rings. The van der Waals surface area contributed by atoms with E-state index in [0.717, 1.165) is 5.56 Å². The second-order valence-electron chi connectivity index (χ2n) is 6.91. The lowest BCUT2D eigenvalue weighted by Gasteiger charge is -2.16. The van der Waals surface area contributed by atoms with Crippen LogP contribution in [0.4, 0.5) is 5.69 Å². The summed E-state index contributed by atoms with van der Waals surface area (Å²) in [5.74, 6) is 0.482. The average molecular weight is 426 g/mol. The molecule has 31 heavy (non-hydrogen) atoms. The van der Waals surface area contributed by atoms with Crippen molar-refractivity contribution >= 4 is 23.1 Å². The van der Waals surface area contributed by atoms with Crippen LogP contribution in [0.25, 0.3) is 5.57 Å². The fraction of sp³-hybridized carbons (Fsp3) is 0.304. The third-order valence-corrected chi connectivity index (χ3v) is 4.96. The van der Waals surface area contributed by atoms with E-state index in [1.165, 1.54) is 33.3 Å². The number of benzene rings is 2. The first-order chi connectivity index (χ1) is 14.9. The molecule has 8 nitrogen and oxygen atoms in total. The molecular formula is C23H26N2O6. The lowest BCUT2D eigenvalue weighted by atomic mass is 10.0. The van der Waals surface area contributed by atoms with Crippen LogP contribution in [0, 0.1) is 6.92 Å². The highest BCUT2D eigenvalue weighted by Crippen LogP contribution is 2.41. The summed E-state index contributed by atoms with van der Waals surface area (Å²) >= 11 is 0. The SMILES string of the molecule is COCCN1C(=O)C(Nc2cc(OC)c(OC)c(OC)c2)=C(c2ccc(C)cc2)C1=O. The Kier molecular flexibility index (Phi) is 6.81. The first-order valence-electron chi connectivity index (χ1n) is 9.68. The molecule has 0 saturated carbocycles. The Hall–Kier alpha value is -3.52. The van der Waals surface area contributed by atoms with Crippen molar-refractivity contribution in [3.05, 3.63) is 53.2 Å². The second-order valence-corrected chi connectivity index (χ2v) is 6.91. The van der Waals surface area contributed by atoms with Gasteiger partial charge in [-0.15, -0.1) is 0 Å². The van der Waals surface area contributed by atoms with E-state index in [2.05, 4.69) is 5.32 Å². The van der Waals surface area contributed by atoms with E-state index in [1.807, 2.05) is 31.2 Å². The van der Waals surface area contributed by atoms with Gasteiger partial charge >= 0.3 is 0 Å². The van der Waals surface area contributed by atoms with Crippen LogP contribution in [0.1, 0.15) is 11.1 Å². The standard InChI is InChI=1S/C23H26N2O6/c1-14-6-8-15(9-7-14)19-20(23(27)25(22(19)26)10-11-28-2)24-16-12-17(29-3)21(31-5)18(13-16)30-4/h6-9,12-13,24H,10-11H2,1-5H3. The Labute approximate surface area is 181 Å². The van der Waals surface area contributed by atoms with Crippen molar-refractivity contribution in [1.82, 2.24) is 4.90 Å². The third kappa shape index (κ3) is 4.34. The highest BCUT2D eigenvalue weighted by atomic mass is 16.5. The monoisotopic (exact) mass is 426 g/mol. The van der Waals surface area contributed by atoms with Crippen molar-refractivity contribution in [2.24, 2.45) is 0 Å². The summed E-state index contributed by atoms with van der Waals surface area (Å²) in [4.78, 5) is 27.5. The molecule has 3 rings (SSSR count). The summed E-state index contributed by atoms with van der Waals surface area (Å²) in [6.07, 6.45) is 0. The van der Waals surface area contributed by atoms with Gasteiger partial charge in [-0.3, -0.25) is 14.5 Å². The van der Waals surface area contributed by atoms with E-state index >= 15 is 0 Å². The number of carbonyl (C=O) groups excluding carboxylic acids is 2. The van der Waals surface area contributed by atoms with Gasteiger partial charge in [-0.1, -0.05) is 29.8 Å². The van der Waals surface area contributed by atoms with Crippen molar-refractivity contribution in [1.29, 1.82) is 0 Å². The number of aryl methyl sites for hydroxylation is 1. The molecule has 1 aliphatic heterocycles. The first kappa shape index (κ1) is 22.2. The maximum absolute atomic E-state index is 13.2. The molecule has 1 N–H and O–H groups in total. The molecule has 8 heteroatoms. The fourth-order valence-electron chi connectivity index (χ4n) is 3.36. The van der Waals surface area contributed by atoms with Gasteiger partial charge in [0, 0.05) is 24.9 Å². The quantitative estimate of drug-likeness (QED) is 0.617. The van der Waals surface area contributed by atoms with Gasteiger partial charge in [0.1, 0.15) is 5.70 Å². The van der Waals surface area contributed by atoms with Crippen LogP contribution in [0.2, 0.25) is 0 Å². The molecular weight excluding hydrogens is 400 g/mol. The van der Waals surface area contributed by atoms with Crippen LogP contribution >= 0.6 is 0 Å². The molecule has 2 aromatic carbocycles. The number of carbonyl (C=O) groups is 2. The first-order valence-corrected chi connectivity index (χ1v) is 9.68. The highest BCUT2D eigenvalue weighted by Gasteiger charge is 2.39. The molecule has 0 aromatic heterocycles. The molecule has 2 aromatic rings. The minimum absolute atomic E-state index is 0.157. The van der Waals surface area contributed by atoms with Crippen molar-refractivity contribution in [2.45, 2.75) is 6.92 Å². The number of methoxy groups -OCH3 is 4. The van der Waals surface area contributed by atoms with E-state index < -0.39 is 5.91 Å². The average Bonchev–Trinajstić information content (AvgIpc) is 3.01. The summed E-state index contributed by atoms with van der Waals surface area (Å²) < 4.78 is 21.2. The molecule has 1 heterocycles. The topological polar surface area (TPSA) is 86.3 Å². The Balaban J connectivity index is 2.09. The summed E-state index contributed by atoms with van der Waals surface area (Å²) in [7, 11) is 6.05. The third-order valence-electron chi connectivity index (χ3n) is 4.96. The number of nitrogens with one attached hydrogen (secondary N) is 1. The molecule has 0 radical (unpaired) electrons. The number of ether oxygens (including phenoxy) is 4. The lowest BCUT2D eigenvalue weighted by molar-refractivity contribution is -0.137. The van der Waals surface area contributed by atoms with Crippen LogP contribution in [0.5, 0.6) is 17.2 Å². The van der Waals surface area contributed by atoms with Gasteiger partial charge in [-0.05, 0) is 12.5 Å². The molecule has 0 saturated heterocycles. The Morgan fingerprint density at radius 1 is 0.871 bits per heavy atom. The summed E-state index contributed by atoms with van der Waals surface area (Å²) in [5, 5.41) is 3.10. The van der Waals surface area contributed by atoms with E-state index in [0.29, 0.717) is 34.1 Å². The minimum atomic E-state index is -0.425. The number of imide groups is 1. The maximum Gasteiger partial charge on any atom is 0.278 e. The van der Waals surface area contributed by atoms with E-state index in [9.17, 15) is 9.59 Å². The Bertz CT molecular complexity index is 988. The van der Waals surface area contributed by atoms with Crippen LogP contribution in [0.3, 0.4) is 0 Å². The lowest BCUT2D eigenvalue weighted by Crippen LogP contribution is -2.35. The minimum Gasteiger partial charge on any atom is -0.493 e. The van der Waals surface area contributed by atoms with Gasteiger partial charge in [0.15, 0.2) is 11.5 Å². The predicted molar refractivity (Wildman–Crippen MR) is 116 cm³/mol. The second kappa shape index (κ2) is 9.53. The van der Waals surface area contributed by atoms with E-state index in [1.54, 1.807) is 12.1 Å². The van der Waals surface area contributed by atoms with Gasteiger partial charge in [0.25, 0.3) is 11.8 Å². The molecule has 0 aliphatic carbocycles. The largest absolute Gasteiger partial charge is 0.493 e. The van der Waals surface area contributed by atoms with Gasteiger partial charge in [-0.2, -0.15) is 0 Å². The van der Waals surface area contributed by atoms with Gasteiger partial charge in [0.2, 0.25) is 5.75 Å². The zero-order valence-corrected chi connectivity index (χ0v) is 18.3. The van der Waals surface area contributed by atoms with E-state index in [4.69, 9.17) is 18.9 Å². The number of anilines is 1. The van der Waals surface area contributed by atoms with Crippen LogP contribution < -0.4 is 19.5 Å². The fourth-order valence-corrected chi connectivity index (χ4v) is 3.36. The van der Waals surface area contributed by atoms with Gasteiger partial charge in [-0.25, -0.2) is 0 Å². The summed E-state index contributed by atoms with van der Waals surface area (Å²) in [6.45, 7) is 2.36. The molecule has 0 bridgehead atoms. The van der Waals surface area contributed by atoms with Crippen molar-refractivity contribution in [3.63, 3.8) is 0 Å². The van der Waals surface area contributed by atoms with Crippen LogP contribution in [0.15, 0.2) is 42.1 Å². The molecule has 0 fully saturated rings. The number of rotatable bonds is 9. The zero-order chi connectivity index (χ0) is 22.5. The molecule has 0 unspecified atom stereocenters. The van der Waals surface area contributed by atoms with Crippen LogP contribution in [-0.2, 0) is 14.3 Å². The molecule has 0 spiro atoms.